The van der Waals surface area contributed by atoms with Crippen molar-refractivity contribution in [3.05, 3.63) is 29.3 Å². The van der Waals surface area contributed by atoms with E-state index in [-0.39, 0.29) is 5.41 Å². The van der Waals surface area contributed by atoms with E-state index in [4.69, 9.17) is 0 Å². The lowest BCUT2D eigenvalue weighted by Gasteiger charge is -2.37. The van der Waals surface area contributed by atoms with Crippen LogP contribution in [-0.2, 0) is 0 Å². The van der Waals surface area contributed by atoms with Gasteiger partial charge in [0.2, 0.25) is 0 Å². The molecule has 0 aromatic heterocycles. The first-order valence-corrected chi connectivity index (χ1v) is 7.79. The van der Waals surface area contributed by atoms with Crippen molar-refractivity contribution in [2.45, 2.75) is 54.0 Å². The molecule has 0 bridgehead atoms. The smallest absolute Gasteiger partial charge is 0.0393 e. The molecular formula is C18H32N2. The van der Waals surface area contributed by atoms with E-state index in [1.165, 1.54) is 23.2 Å². The van der Waals surface area contributed by atoms with Gasteiger partial charge in [-0.2, -0.15) is 0 Å². The van der Waals surface area contributed by atoms with Gasteiger partial charge in [0.05, 0.1) is 0 Å². The van der Waals surface area contributed by atoms with Crippen molar-refractivity contribution in [3.63, 3.8) is 0 Å². The Morgan fingerprint density at radius 1 is 1.25 bits per heavy atom. The molecule has 20 heavy (non-hydrogen) atoms. The quantitative estimate of drug-likeness (QED) is 0.804. The minimum atomic E-state index is 0.237. The van der Waals surface area contributed by atoms with Gasteiger partial charge in [0.25, 0.3) is 0 Å². The summed E-state index contributed by atoms with van der Waals surface area (Å²) in [5.74, 6) is 0. The van der Waals surface area contributed by atoms with E-state index >= 15 is 0 Å². The van der Waals surface area contributed by atoms with Gasteiger partial charge in [0.15, 0.2) is 0 Å². The van der Waals surface area contributed by atoms with Gasteiger partial charge < -0.3 is 10.2 Å². The van der Waals surface area contributed by atoms with Gasteiger partial charge in [-0.05, 0) is 50.8 Å². The fraction of sp³-hybridized carbons (Fsp3) is 0.667. The summed E-state index contributed by atoms with van der Waals surface area (Å²) in [6.45, 7) is 15.7. The summed E-state index contributed by atoms with van der Waals surface area (Å²) >= 11 is 0. The van der Waals surface area contributed by atoms with Crippen LogP contribution in [0.1, 0.15) is 45.2 Å². The number of anilines is 1. The molecule has 2 nitrogen and oxygen atoms in total. The van der Waals surface area contributed by atoms with Crippen molar-refractivity contribution in [2.24, 2.45) is 5.41 Å². The summed E-state index contributed by atoms with van der Waals surface area (Å²) in [5.41, 5.74) is 4.27. The predicted molar refractivity (Wildman–Crippen MR) is 90.7 cm³/mol. The Bertz CT molecular complexity index is 423. The largest absolute Gasteiger partial charge is 0.374 e. The normalized spacial score (nSPS) is 13.3. The minimum absolute atomic E-state index is 0.237. The zero-order chi connectivity index (χ0) is 15.3. The third-order valence-electron chi connectivity index (χ3n) is 4.28. The van der Waals surface area contributed by atoms with Gasteiger partial charge in [0.1, 0.15) is 0 Å². The standard InChI is InChI=1S/C18H32N2/c1-8-11-19-16(4)18(5,6)13-20(7)17-10-9-14(2)12-15(17)3/h9-10,12,16,19H,8,11,13H2,1-7H3. The van der Waals surface area contributed by atoms with Crippen LogP contribution in [0.3, 0.4) is 0 Å². The van der Waals surface area contributed by atoms with Gasteiger partial charge in [0, 0.05) is 25.3 Å². The van der Waals surface area contributed by atoms with Crippen LogP contribution in [0.5, 0.6) is 0 Å². The first-order chi connectivity index (χ1) is 9.27. The highest BCUT2D eigenvalue weighted by molar-refractivity contribution is 5.53. The Balaban J connectivity index is 2.75. The third kappa shape index (κ3) is 4.52. The molecule has 0 saturated carbocycles. The molecule has 114 valence electrons. The molecule has 1 aromatic carbocycles. The predicted octanol–water partition coefficient (Wildman–Crippen LogP) is 4.15. The second-order valence-electron chi connectivity index (χ2n) is 6.81. The molecule has 1 atom stereocenters. The first kappa shape index (κ1) is 17.0. The molecule has 2 heteroatoms. The van der Waals surface area contributed by atoms with Crippen molar-refractivity contribution in [1.82, 2.24) is 5.32 Å². The molecule has 0 radical (unpaired) electrons. The van der Waals surface area contributed by atoms with Crippen LogP contribution in [0, 0.1) is 19.3 Å². The lowest BCUT2D eigenvalue weighted by atomic mass is 9.84. The SMILES string of the molecule is CCCNC(C)C(C)(C)CN(C)c1ccc(C)cc1C. The molecule has 0 aliphatic rings. The van der Waals surface area contributed by atoms with Gasteiger partial charge >= 0.3 is 0 Å². The Morgan fingerprint density at radius 2 is 1.90 bits per heavy atom. The average Bonchev–Trinajstić information content (AvgIpc) is 2.34. The first-order valence-electron chi connectivity index (χ1n) is 7.79. The topological polar surface area (TPSA) is 15.3 Å². The number of benzene rings is 1. The van der Waals surface area contributed by atoms with Crippen molar-refractivity contribution in [2.75, 3.05) is 25.0 Å². The second-order valence-corrected chi connectivity index (χ2v) is 6.81. The van der Waals surface area contributed by atoms with Gasteiger partial charge in [-0.1, -0.05) is 38.5 Å². The number of hydrogen-bond acceptors (Lipinski definition) is 2. The fourth-order valence-corrected chi connectivity index (χ4v) is 2.70. The van der Waals surface area contributed by atoms with Crippen LogP contribution in [0.15, 0.2) is 18.2 Å². The van der Waals surface area contributed by atoms with Crippen molar-refractivity contribution in [1.29, 1.82) is 0 Å². The van der Waals surface area contributed by atoms with E-state index in [0.717, 1.165) is 13.1 Å². The van der Waals surface area contributed by atoms with E-state index in [2.05, 4.69) is 77.0 Å². The molecule has 0 saturated heterocycles. The lowest BCUT2D eigenvalue weighted by Crippen LogP contribution is -2.46. The Morgan fingerprint density at radius 3 is 2.45 bits per heavy atom. The number of rotatable bonds is 7. The van der Waals surface area contributed by atoms with Crippen LogP contribution in [0.2, 0.25) is 0 Å². The van der Waals surface area contributed by atoms with Crippen LogP contribution in [0.4, 0.5) is 5.69 Å². The molecule has 0 aliphatic heterocycles. The van der Waals surface area contributed by atoms with Crippen molar-refractivity contribution < 1.29 is 0 Å². The van der Waals surface area contributed by atoms with E-state index in [1.54, 1.807) is 0 Å². The number of hydrogen-bond donors (Lipinski definition) is 1. The molecular weight excluding hydrogens is 244 g/mol. The molecule has 1 N–H and O–H groups in total. The molecule has 0 spiro atoms. The molecule has 0 heterocycles. The summed E-state index contributed by atoms with van der Waals surface area (Å²) in [6.07, 6.45) is 1.19. The Labute approximate surface area is 125 Å². The zero-order valence-corrected chi connectivity index (χ0v) is 14.4. The molecule has 0 amide bonds. The van der Waals surface area contributed by atoms with E-state index in [9.17, 15) is 0 Å². The maximum atomic E-state index is 3.63. The molecule has 1 rings (SSSR count). The Kier molecular flexibility index (Phi) is 6.07. The number of aryl methyl sites for hydroxylation is 2. The maximum Gasteiger partial charge on any atom is 0.0393 e. The van der Waals surface area contributed by atoms with Crippen LogP contribution in [0.25, 0.3) is 0 Å². The van der Waals surface area contributed by atoms with Crippen LogP contribution in [-0.4, -0.2) is 26.2 Å². The highest BCUT2D eigenvalue weighted by Gasteiger charge is 2.27. The van der Waals surface area contributed by atoms with E-state index in [1.807, 2.05) is 0 Å². The molecule has 0 fully saturated rings. The zero-order valence-electron chi connectivity index (χ0n) is 14.4. The third-order valence-corrected chi connectivity index (χ3v) is 4.28. The summed E-state index contributed by atoms with van der Waals surface area (Å²) in [6, 6.07) is 7.21. The van der Waals surface area contributed by atoms with E-state index < -0.39 is 0 Å². The maximum absolute atomic E-state index is 3.63. The number of nitrogens with zero attached hydrogens (tertiary/aromatic N) is 1. The average molecular weight is 276 g/mol. The lowest BCUT2D eigenvalue weighted by molar-refractivity contribution is 0.263. The molecule has 1 unspecified atom stereocenters. The Hall–Kier alpha value is -1.02. The minimum Gasteiger partial charge on any atom is -0.374 e. The summed E-state index contributed by atoms with van der Waals surface area (Å²) in [5, 5.41) is 3.63. The van der Waals surface area contributed by atoms with Gasteiger partial charge in [-0.15, -0.1) is 0 Å². The van der Waals surface area contributed by atoms with Crippen molar-refractivity contribution >= 4 is 5.69 Å². The van der Waals surface area contributed by atoms with Crippen molar-refractivity contribution in [3.8, 4) is 0 Å². The molecule has 1 aromatic rings. The van der Waals surface area contributed by atoms with Gasteiger partial charge in [-0.3, -0.25) is 0 Å². The number of nitrogens with one attached hydrogen (secondary N) is 1. The molecule has 0 aliphatic carbocycles. The van der Waals surface area contributed by atoms with E-state index in [0.29, 0.717) is 6.04 Å². The van der Waals surface area contributed by atoms with Crippen LogP contribution < -0.4 is 10.2 Å². The highest BCUT2D eigenvalue weighted by Crippen LogP contribution is 2.27. The monoisotopic (exact) mass is 276 g/mol. The summed E-state index contributed by atoms with van der Waals surface area (Å²) in [4.78, 5) is 2.39. The van der Waals surface area contributed by atoms with Crippen LogP contribution >= 0.6 is 0 Å². The summed E-state index contributed by atoms with van der Waals surface area (Å²) < 4.78 is 0. The second kappa shape index (κ2) is 7.12. The van der Waals surface area contributed by atoms with Gasteiger partial charge in [-0.25, -0.2) is 0 Å². The fourth-order valence-electron chi connectivity index (χ4n) is 2.70. The highest BCUT2D eigenvalue weighted by atomic mass is 15.1. The summed E-state index contributed by atoms with van der Waals surface area (Å²) in [7, 11) is 2.20.